The van der Waals surface area contributed by atoms with E-state index in [9.17, 15) is 4.79 Å². The molecule has 124 valence electrons. The van der Waals surface area contributed by atoms with Crippen LogP contribution < -0.4 is 5.32 Å². The molecular weight excluding hydrogens is 302 g/mol. The van der Waals surface area contributed by atoms with Gasteiger partial charge in [0.05, 0.1) is 10.9 Å². The maximum Gasteiger partial charge on any atom is 0.225 e. The molecule has 0 bridgehead atoms. The monoisotopic (exact) mass is 323 g/mol. The second-order valence-electron chi connectivity index (χ2n) is 6.62. The van der Waals surface area contributed by atoms with E-state index in [1.807, 2.05) is 41.9 Å². The molecule has 0 aliphatic carbocycles. The minimum atomic E-state index is -0.244. The first-order valence-corrected chi connectivity index (χ1v) is 8.01. The summed E-state index contributed by atoms with van der Waals surface area (Å²) in [5.41, 5.74) is 2.20. The summed E-state index contributed by atoms with van der Waals surface area (Å²) in [4.78, 5) is 20.6. The zero-order valence-electron chi connectivity index (χ0n) is 14.4. The van der Waals surface area contributed by atoms with E-state index in [0.29, 0.717) is 17.9 Å². The first kappa shape index (κ1) is 16.1. The van der Waals surface area contributed by atoms with Crippen LogP contribution in [0.4, 0.5) is 5.82 Å². The number of aromatic nitrogens is 4. The van der Waals surface area contributed by atoms with Crippen molar-refractivity contribution in [3.05, 3.63) is 36.7 Å². The second kappa shape index (κ2) is 6.03. The molecule has 2 aromatic heterocycles. The normalized spacial score (nSPS) is 11.7. The van der Waals surface area contributed by atoms with Gasteiger partial charge in [0.15, 0.2) is 5.65 Å². The summed E-state index contributed by atoms with van der Waals surface area (Å²) in [7, 11) is 0. The molecule has 6 nitrogen and oxygen atoms in total. The minimum absolute atomic E-state index is 0.0856. The molecule has 0 aliphatic rings. The van der Waals surface area contributed by atoms with Crippen LogP contribution in [-0.4, -0.2) is 25.7 Å². The van der Waals surface area contributed by atoms with Gasteiger partial charge in [0.2, 0.25) is 5.91 Å². The molecule has 0 aliphatic heterocycles. The number of nitrogens with zero attached hydrogens (tertiary/aromatic N) is 4. The predicted molar refractivity (Wildman–Crippen MR) is 94.7 cm³/mol. The minimum Gasteiger partial charge on any atom is -0.310 e. The molecule has 3 rings (SSSR count). The van der Waals surface area contributed by atoms with Crippen LogP contribution in [0.15, 0.2) is 36.7 Å². The maximum absolute atomic E-state index is 11.9. The van der Waals surface area contributed by atoms with Gasteiger partial charge in [-0.2, -0.15) is 5.10 Å². The Labute approximate surface area is 140 Å². The van der Waals surface area contributed by atoms with Crippen LogP contribution in [0.25, 0.3) is 22.3 Å². The van der Waals surface area contributed by atoms with Gasteiger partial charge in [-0.05, 0) is 20.8 Å². The van der Waals surface area contributed by atoms with Gasteiger partial charge in [-0.3, -0.25) is 4.79 Å². The molecule has 0 spiro atoms. The number of carbonyl (C=O) groups is 1. The van der Waals surface area contributed by atoms with Gasteiger partial charge in [-0.15, -0.1) is 0 Å². The molecule has 0 unspecified atom stereocenters. The van der Waals surface area contributed by atoms with Gasteiger partial charge in [0.1, 0.15) is 17.8 Å². The number of fused-ring (bicyclic) bond motifs is 1. The third kappa shape index (κ3) is 2.87. The predicted octanol–water partition coefficient (Wildman–Crippen LogP) is 3.60. The van der Waals surface area contributed by atoms with Crippen LogP contribution in [0.1, 0.15) is 34.1 Å². The molecule has 1 aromatic carbocycles. The Morgan fingerprint density at radius 3 is 2.50 bits per heavy atom. The smallest absolute Gasteiger partial charge is 0.225 e. The fraction of sp³-hybridized carbons (Fsp3) is 0.333. The lowest BCUT2D eigenvalue weighted by Gasteiger charge is -2.19. The molecule has 1 amide bonds. The van der Waals surface area contributed by atoms with Gasteiger partial charge in [-0.25, -0.2) is 14.6 Å². The lowest BCUT2D eigenvalue weighted by atomic mass is 10.1. The van der Waals surface area contributed by atoms with Crippen LogP contribution in [0.3, 0.4) is 0 Å². The Kier molecular flexibility index (Phi) is 4.05. The Balaban J connectivity index is 2.31. The summed E-state index contributed by atoms with van der Waals surface area (Å²) in [6, 6.07) is 9.87. The number of amides is 1. The van der Waals surface area contributed by atoms with E-state index in [4.69, 9.17) is 5.10 Å². The van der Waals surface area contributed by atoms with Crippen molar-refractivity contribution < 1.29 is 4.79 Å². The fourth-order valence-corrected chi connectivity index (χ4v) is 2.53. The molecule has 2 heterocycles. The number of nitrogens with one attached hydrogen (secondary N) is 1. The standard InChI is InChI=1S/C18H21N5O/c1-5-13(24)21-16-14-15(12-9-7-6-8-10-12)22-23(18(2,3)4)17(14)20-11-19-16/h6-11H,5H2,1-4H3,(H,19,20,21,24). The van der Waals surface area contributed by atoms with Gasteiger partial charge >= 0.3 is 0 Å². The van der Waals surface area contributed by atoms with Gasteiger partial charge in [0, 0.05) is 12.0 Å². The number of rotatable bonds is 3. The molecule has 1 N–H and O–H groups in total. The lowest BCUT2D eigenvalue weighted by Crippen LogP contribution is -2.23. The summed E-state index contributed by atoms with van der Waals surface area (Å²) in [5.74, 6) is 0.415. The van der Waals surface area contributed by atoms with Crippen molar-refractivity contribution in [2.24, 2.45) is 0 Å². The number of benzene rings is 1. The van der Waals surface area contributed by atoms with E-state index in [0.717, 1.165) is 16.6 Å². The van der Waals surface area contributed by atoms with E-state index in [1.54, 1.807) is 0 Å². The summed E-state index contributed by atoms with van der Waals surface area (Å²) in [6.45, 7) is 8.02. The van der Waals surface area contributed by atoms with Crippen molar-refractivity contribution in [3.63, 3.8) is 0 Å². The van der Waals surface area contributed by atoms with Crippen LogP contribution in [0.2, 0.25) is 0 Å². The molecule has 0 radical (unpaired) electrons. The van der Waals surface area contributed by atoms with Gasteiger partial charge in [-0.1, -0.05) is 37.3 Å². The molecular formula is C18H21N5O. The zero-order chi connectivity index (χ0) is 17.3. The van der Waals surface area contributed by atoms with Crippen LogP contribution in [0.5, 0.6) is 0 Å². The summed E-state index contributed by atoms with van der Waals surface area (Å²) < 4.78 is 1.88. The van der Waals surface area contributed by atoms with Crippen molar-refractivity contribution >= 4 is 22.8 Å². The van der Waals surface area contributed by atoms with Gasteiger partial charge in [0.25, 0.3) is 0 Å². The molecule has 0 atom stereocenters. The average molecular weight is 323 g/mol. The van der Waals surface area contributed by atoms with E-state index in [2.05, 4.69) is 36.1 Å². The summed E-state index contributed by atoms with van der Waals surface area (Å²) >= 11 is 0. The van der Waals surface area contributed by atoms with Crippen molar-refractivity contribution in [1.29, 1.82) is 0 Å². The molecule has 0 fully saturated rings. The molecule has 3 aromatic rings. The number of carbonyl (C=O) groups excluding carboxylic acids is 1. The largest absolute Gasteiger partial charge is 0.310 e. The zero-order valence-corrected chi connectivity index (χ0v) is 14.4. The average Bonchev–Trinajstić information content (AvgIpc) is 2.96. The summed E-state index contributed by atoms with van der Waals surface area (Å²) in [5, 5.41) is 8.42. The number of anilines is 1. The molecule has 6 heteroatoms. The fourth-order valence-electron chi connectivity index (χ4n) is 2.53. The van der Waals surface area contributed by atoms with Crippen LogP contribution in [0, 0.1) is 0 Å². The third-order valence-electron chi connectivity index (χ3n) is 3.73. The van der Waals surface area contributed by atoms with Crippen molar-refractivity contribution in [3.8, 4) is 11.3 Å². The first-order chi connectivity index (χ1) is 11.4. The molecule has 0 saturated heterocycles. The van der Waals surface area contributed by atoms with Crippen molar-refractivity contribution in [2.75, 3.05) is 5.32 Å². The topological polar surface area (TPSA) is 72.7 Å². The van der Waals surface area contributed by atoms with E-state index in [1.165, 1.54) is 6.33 Å². The summed E-state index contributed by atoms with van der Waals surface area (Å²) in [6.07, 6.45) is 1.85. The van der Waals surface area contributed by atoms with E-state index in [-0.39, 0.29) is 11.4 Å². The van der Waals surface area contributed by atoms with Crippen LogP contribution >= 0.6 is 0 Å². The van der Waals surface area contributed by atoms with E-state index >= 15 is 0 Å². The Morgan fingerprint density at radius 2 is 1.88 bits per heavy atom. The highest BCUT2D eigenvalue weighted by atomic mass is 16.1. The lowest BCUT2D eigenvalue weighted by molar-refractivity contribution is -0.115. The third-order valence-corrected chi connectivity index (χ3v) is 3.73. The molecule has 24 heavy (non-hydrogen) atoms. The number of hydrogen-bond donors (Lipinski definition) is 1. The second-order valence-corrected chi connectivity index (χ2v) is 6.62. The van der Waals surface area contributed by atoms with Crippen molar-refractivity contribution in [1.82, 2.24) is 19.7 Å². The first-order valence-electron chi connectivity index (χ1n) is 8.01. The highest BCUT2D eigenvalue weighted by Crippen LogP contribution is 2.33. The van der Waals surface area contributed by atoms with Crippen LogP contribution in [-0.2, 0) is 10.3 Å². The Morgan fingerprint density at radius 1 is 1.17 bits per heavy atom. The van der Waals surface area contributed by atoms with Gasteiger partial charge < -0.3 is 5.32 Å². The maximum atomic E-state index is 11.9. The van der Waals surface area contributed by atoms with Crippen molar-refractivity contribution in [2.45, 2.75) is 39.7 Å². The van der Waals surface area contributed by atoms with E-state index < -0.39 is 0 Å². The SMILES string of the molecule is CCC(=O)Nc1ncnc2c1c(-c1ccccc1)nn2C(C)(C)C. The highest BCUT2D eigenvalue weighted by molar-refractivity contribution is 6.04. The molecule has 0 saturated carbocycles. The highest BCUT2D eigenvalue weighted by Gasteiger charge is 2.24. The Bertz CT molecular complexity index is 878. The Hall–Kier alpha value is -2.76. The number of hydrogen-bond acceptors (Lipinski definition) is 4. The quantitative estimate of drug-likeness (QED) is 0.799.